The maximum Gasteiger partial charge on any atom is 0.339 e. The third kappa shape index (κ3) is 4.75. The van der Waals surface area contributed by atoms with Gasteiger partial charge in [0.05, 0.1) is 0 Å². The smallest absolute Gasteiger partial charge is 0.339 e. The first-order valence-electron chi connectivity index (χ1n) is 9.84. The Morgan fingerprint density at radius 3 is 2.59 bits per heavy atom. The number of primary amides is 1. The van der Waals surface area contributed by atoms with Crippen molar-refractivity contribution in [2.24, 2.45) is 23.5 Å². The van der Waals surface area contributed by atoms with E-state index in [0.29, 0.717) is 16.9 Å². The SMILES string of the molecule is C[C@@H]1CC2C[C@@H](C)CC(Oc3cccc(C#C[C@@H](C)N(O)C(N)=O)c3)(C2)C1. The van der Waals surface area contributed by atoms with Crippen LogP contribution in [0.4, 0.5) is 4.79 Å². The Hall–Kier alpha value is -2.19. The largest absolute Gasteiger partial charge is 0.487 e. The van der Waals surface area contributed by atoms with E-state index in [-0.39, 0.29) is 5.60 Å². The molecular weight excluding hydrogens is 340 g/mol. The van der Waals surface area contributed by atoms with E-state index in [1.807, 2.05) is 24.3 Å². The van der Waals surface area contributed by atoms with Crippen molar-refractivity contribution in [1.82, 2.24) is 5.06 Å². The summed E-state index contributed by atoms with van der Waals surface area (Å²) in [5.41, 5.74) is 5.78. The number of carbonyl (C=O) groups is 1. The third-order valence-corrected chi connectivity index (χ3v) is 5.76. The van der Waals surface area contributed by atoms with Gasteiger partial charge >= 0.3 is 6.03 Å². The predicted octanol–water partition coefficient (Wildman–Crippen LogP) is 4.18. The molecule has 3 rings (SSSR count). The normalized spacial score (nSPS) is 30.6. The molecule has 2 saturated carbocycles. The van der Waals surface area contributed by atoms with Gasteiger partial charge in [0.1, 0.15) is 17.4 Å². The zero-order valence-electron chi connectivity index (χ0n) is 16.4. The number of hydrogen-bond acceptors (Lipinski definition) is 3. The molecule has 146 valence electrons. The van der Waals surface area contributed by atoms with Crippen LogP contribution in [0.3, 0.4) is 0 Å². The van der Waals surface area contributed by atoms with Crippen molar-refractivity contribution < 1.29 is 14.7 Å². The van der Waals surface area contributed by atoms with Gasteiger partial charge in [-0.15, -0.1) is 0 Å². The van der Waals surface area contributed by atoms with Crippen LogP contribution < -0.4 is 10.5 Å². The first-order valence-corrected chi connectivity index (χ1v) is 9.84. The summed E-state index contributed by atoms with van der Waals surface area (Å²) in [4.78, 5) is 11.0. The number of ether oxygens (including phenoxy) is 1. The van der Waals surface area contributed by atoms with Gasteiger partial charge in [0, 0.05) is 5.56 Å². The molecule has 2 amide bonds. The van der Waals surface area contributed by atoms with Gasteiger partial charge in [-0.1, -0.05) is 31.8 Å². The van der Waals surface area contributed by atoms with Crippen LogP contribution in [-0.2, 0) is 0 Å². The number of carbonyl (C=O) groups excluding carboxylic acids is 1. The summed E-state index contributed by atoms with van der Waals surface area (Å²) in [7, 11) is 0. The van der Waals surface area contributed by atoms with E-state index in [1.165, 1.54) is 12.8 Å². The Morgan fingerprint density at radius 1 is 1.30 bits per heavy atom. The first-order chi connectivity index (χ1) is 12.8. The van der Waals surface area contributed by atoms with E-state index in [2.05, 4.69) is 25.7 Å². The van der Waals surface area contributed by atoms with E-state index in [0.717, 1.165) is 36.5 Å². The van der Waals surface area contributed by atoms with E-state index in [1.54, 1.807) is 6.92 Å². The molecule has 1 aromatic carbocycles. The van der Waals surface area contributed by atoms with Gasteiger partial charge in [-0.05, 0) is 75.0 Å². The molecule has 5 nitrogen and oxygen atoms in total. The second-order valence-corrected chi connectivity index (χ2v) is 8.60. The molecule has 0 spiro atoms. The van der Waals surface area contributed by atoms with Crippen LogP contribution in [0.25, 0.3) is 0 Å². The molecule has 0 aromatic heterocycles. The van der Waals surface area contributed by atoms with Gasteiger partial charge < -0.3 is 10.5 Å². The summed E-state index contributed by atoms with van der Waals surface area (Å²) in [5.74, 6) is 8.83. The fraction of sp³-hybridized carbons (Fsp3) is 0.591. The third-order valence-electron chi connectivity index (χ3n) is 5.76. The number of benzene rings is 1. The highest BCUT2D eigenvalue weighted by Gasteiger charge is 2.46. The Bertz CT molecular complexity index is 732. The molecule has 2 bridgehead atoms. The standard InChI is InChI=1S/C22H30N2O3/c1-15-9-19-10-16(2)13-22(12-15,14-19)27-20-6-4-5-18(11-20)8-7-17(3)24(26)21(23)25/h4-6,11,15-17,19,26H,9-10,12-14H2,1-3H3,(H2,23,25)/t15-,16-,17-,19?,22?/m1/s1. The maximum atomic E-state index is 11.0. The number of urea groups is 1. The van der Waals surface area contributed by atoms with Crippen molar-refractivity contribution >= 4 is 6.03 Å². The summed E-state index contributed by atoms with van der Waals surface area (Å²) in [6.45, 7) is 6.29. The Kier molecular flexibility index (Phi) is 5.67. The summed E-state index contributed by atoms with van der Waals surface area (Å²) in [6, 6.07) is 6.16. The second kappa shape index (κ2) is 7.82. The second-order valence-electron chi connectivity index (χ2n) is 8.60. The molecule has 5 heteroatoms. The zero-order valence-corrected chi connectivity index (χ0v) is 16.4. The molecule has 0 aliphatic heterocycles. The summed E-state index contributed by atoms with van der Waals surface area (Å²) >= 11 is 0. The lowest BCUT2D eigenvalue weighted by molar-refractivity contribution is -0.0602. The number of hydrogen-bond donors (Lipinski definition) is 2. The predicted molar refractivity (Wildman–Crippen MR) is 104 cm³/mol. The number of hydroxylamine groups is 2. The van der Waals surface area contributed by atoms with Crippen molar-refractivity contribution in [3.63, 3.8) is 0 Å². The van der Waals surface area contributed by atoms with Gasteiger partial charge in [-0.2, -0.15) is 5.06 Å². The van der Waals surface area contributed by atoms with Crippen LogP contribution >= 0.6 is 0 Å². The summed E-state index contributed by atoms with van der Waals surface area (Å²) in [5, 5.41) is 9.95. The number of nitrogens with zero attached hydrogens (tertiary/aromatic N) is 1. The molecule has 3 N–H and O–H groups in total. The quantitative estimate of drug-likeness (QED) is 0.476. The fourth-order valence-electron chi connectivity index (χ4n) is 5.07. The molecular formula is C22H30N2O3. The maximum absolute atomic E-state index is 11.0. The Labute approximate surface area is 161 Å². The Morgan fingerprint density at radius 2 is 1.96 bits per heavy atom. The van der Waals surface area contributed by atoms with Crippen LogP contribution in [0.2, 0.25) is 0 Å². The van der Waals surface area contributed by atoms with E-state index in [4.69, 9.17) is 10.5 Å². The zero-order chi connectivity index (χ0) is 19.6. The monoisotopic (exact) mass is 370 g/mol. The number of amides is 2. The van der Waals surface area contributed by atoms with E-state index < -0.39 is 12.1 Å². The molecule has 0 unspecified atom stereocenters. The van der Waals surface area contributed by atoms with Crippen molar-refractivity contribution in [2.45, 2.75) is 64.5 Å². The molecule has 2 aliphatic rings. The minimum Gasteiger partial charge on any atom is -0.487 e. The Balaban J connectivity index is 1.75. The van der Waals surface area contributed by atoms with Gasteiger partial charge in [-0.25, -0.2) is 4.79 Å². The minimum absolute atomic E-state index is 0.0623. The summed E-state index contributed by atoms with van der Waals surface area (Å²) in [6.07, 6.45) is 6.00. The van der Waals surface area contributed by atoms with E-state index >= 15 is 0 Å². The van der Waals surface area contributed by atoms with Crippen LogP contribution in [0.15, 0.2) is 24.3 Å². The molecule has 3 atom stereocenters. The van der Waals surface area contributed by atoms with Crippen LogP contribution in [0.5, 0.6) is 5.75 Å². The number of nitrogens with two attached hydrogens (primary N) is 1. The summed E-state index contributed by atoms with van der Waals surface area (Å²) < 4.78 is 6.59. The van der Waals surface area contributed by atoms with Crippen molar-refractivity contribution in [2.75, 3.05) is 0 Å². The first kappa shape index (κ1) is 19.6. The lowest BCUT2D eigenvalue weighted by Gasteiger charge is -2.49. The lowest BCUT2D eigenvalue weighted by Crippen LogP contribution is -2.48. The van der Waals surface area contributed by atoms with Gasteiger partial charge in [-0.3, -0.25) is 5.21 Å². The fourth-order valence-corrected chi connectivity index (χ4v) is 5.07. The van der Waals surface area contributed by atoms with Gasteiger partial charge in [0.15, 0.2) is 0 Å². The van der Waals surface area contributed by atoms with Gasteiger partial charge in [0.2, 0.25) is 0 Å². The minimum atomic E-state index is -0.916. The molecule has 1 aromatic rings. The van der Waals surface area contributed by atoms with Crippen molar-refractivity contribution in [1.29, 1.82) is 0 Å². The van der Waals surface area contributed by atoms with Crippen LogP contribution in [0.1, 0.15) is 58.4 Å². The average Bonchev–Trinajstić information content (AvgIpc) is 2.57. The molecule has 0 saturated heterocycles. The molecule has 2 fully saturated rings. The van der Waals surface area contributed by atoms with Crippen molar-refractivity contribution in [3.8, 4) is 17.6 Å². The molecule has 2 aliphatic carbocycles. The van der Waals surface area contributed by atoms with Crippen molar-refractivity contribution in [3.05, 3.63) is 29.8 Å². The van der Waals surface area contributed by atoms with E-state index in [9.17, 15) is 10.0 Å². The topological polar surface area (TPSA) is 75.8 Å². The molecule has 27 heavy (non-hydrogen) atoms. The number of fused-ring (bicyclic) bond motifs is 2. The molecule has 0 radical (unpaired) electrons. The number of rotatable bonds is 3. The van der Waals surface area contributed by atoms with Crippen LogP contribution in [-0.4, -0.2) is 27.9 Å². The highest BCUT2D eigenvalue weighted by Crippen LogP contribution is 2.49. The highest BCUT2D eigenvalue weighted by atomic mass is 16.5. The van der Waals surface area contributed by atoms with Crippen LogP contribution in [0, 0.1) is 29.6 Å². The lowest BCUT2D eigenvalue weighted by atomic mass is 9.63. The van der Waals surface area contributed by atoms with Gasteiger partial charge in [0.25, 0.3) is 0 Å². The average molecular weight is 370 g/mol. The highest BCUT2D eigenvalue weighted by molar-refractivity contribution is 5.71. The molecule has 0 heterocycles.